The number of H-pyrrole nitrogens is 1. The summed E-state index contributed by atoms with van der Waals surface area (Å²) in [6, 6.07) is 7.48. The molecule has 0 radical (unpaired) electrons. The predicted molar refractivity (Wildman–Crippen MR) is 140 cm³/mol. The van der Waals surface area contributed by atoms with Gasteiger partial charge in [0.15, 0.2) is 0 Å². The number of ether oxygens (including phenoxy) is 1. The SMILES string of the molecule is CCCCCOc1ccc(C(=O)N2CCN(Cc3nc4sc5c(c4c(=O)[nH]3)CCCC5)CC2)cc1. The fourth-order valence-electron chi connectivity index (χ4n) is 5.02. The number of carbonyl (C=O) groups is 1. The minimum atomic E-state index is -0.00370. The van der Waals surface area contributed by atoms with Crippen molar-refractivity contribution in [2.75, 3.05) is 32.8 Å². The summed E-state index contributed by atoms with van der Waals surface area (Å²) in [6.45, 7) is 6.32. The Morgan fingerprint density at radius 1 is 1.09 bits per heavy atom. The van der Waals surface area contributed by atoms with Gasteiger partial charge in [0.1, 0.15) is 16.4 Å². The van der Waals surface area contributed by atoms with Crippen LogP contribution in [0, 0.1) is 0 Å². The van der Waals surface area contributed by atoms with E-state index in [2.05, 4.69) is 16.8 Å². The van der Waals surface area contributed by atoms with E-state index < -0.39 is 0 Å². The summed E-state index contributed by atoms with van der Waals surface area (Å²) < 4.78 is 5.76. The molecule has 0 spiro atoms. The highest BCUT2D eigenvalue weighted by Crippen LogP contribution is 2.33. The lowest BCUT2D eigenvalue weighted by molar-refractivity contribution is 0.0625. The minimum absolute atomic E-state index is 0.00370. The zero-order valence-corrected chi connectivity index (χ0v) is 21.3. The number of benzene rings is 1. The van der Waals surface area contributed by atoms with E-state index in [-0.39, 0.29) is 11.5 Å². The van der Waals surface area contributed by atoms with Gasteiger partial charge in [0.2, 0.25) is 0 Å². The molecule has 8 heteroatoms. The molecule has 186 valence electrons. The summed E-state index contributed by atoms with van der Waals surface area (Å²) in [5, 5.41) is 0.807. The summed E-state index contributed by atoms with van der Waals surface area (Å²) in [5.41, 5.74) is 1.91. The van der Waals surface area contributed by atoms with Gasteiger partial charge in [-0.15, -0.1) is 11.3 Å². The normalized spacial score (nSPS) is 16.4. The van der Waals surface area contributed by atoms with Crippen LogP contribution in [0.2, 0.25) is 0 Å². The maximum atomic E-state index is 13.0. The molecule has 0 atom stereocenters. The number of hydrogen-bond acceptors (Lipinski definition) is 6. The Balaban J connectivity index is 1.16. The monoisotopic (exact) mass is 494 g/mol. The van der Waals surface area contributed by atoms with Crippen molar-refractivity contribution >= 4 is 27.5 Å². The van der Waals surface area contributed by atoms with Crippen LogP contribution in [0.1, 0.15) is 65.7 Å². The van der Waals surface area contributed by atoms with Crippen molar-refractivity contribution in [3.8, 4) is 5.75 Å². The van der Waals surface area contributed by atoms with Crippen LogP contribution in [0.4, 0.5) is 0 Å². The van der Waals surface area contributed by atoms with Crippen LogP contribution in [0.3, 0.4) is 0 Å². The van der Waals surface area contributed by atoms with Gasteiger partial charge < -0.3 is 14.6 Å². The number of fused-ring (bicyclic) bond motifs is 3. The van der Waals surface area contributed by atoms with Crippen LogP contribution < -0.4 is 10.3 Å². The second-order valence-electron chi connectivity index (χ2n) is 9.55. The number of unbranched alkanes of at least 4 members (excludes halogenated alkanes) is 2. The first-order valence-corrected chi connectivity index (χ1v) is 13.7. The molecule has 2 aliphatic rings. The smallest absolute Gasteiger partial charge is 0.259 e. The molecule has 0 saturated carbocycles. The summed E-state index contributed by atoms with van der Waals surface area (Å²) in [5.74, 6) is 1.59. The Morgan fingerprint density at radius 3 is 2.63 bits per heavy atom. The van der Waals surface area contributed by atoms with Gasteiger partial charge in [0.25, 0.3) is 11.5 Å². The molecule has 1 aliphatic carbocycles. The molecule has 7 nitrogen and oxygen atoms in total. The first-order valence-electron chi connectivity index (χ1n) is 12.9. The zero-order chi connectivity index (χ0) is 24.2. The second kappa shape index (κ2) is 10.9. The molecule has 2 aromatic heterocycles. The Morgan fingerprint density at radius 2 is 1.86 bits per heavy atom. The van der Waals surface area contributed by atoms with E-state index >= 15 is 0 Å². The van der Waals surface area contributed by atoms with E-state index in [4.69, 9.17) is 9.72 Å². The number of hydrogen-bond donors (Lipinski definition) is 1. The number of thiophene rings is 1. The van der Waals surface area contributed by atoms with Crippen LogP contribution in [-0.4, -0.2) is 58.5 Å². The Labute approximate surface area is 210 Å². The van der Waals surface area contributed by atoms with Crippen LogP contribution >= 0.6 is 11.3 Å². The largest absolute Gasteiger partial charge is 0.494 e. The molecular formula is C27H34N4O3S. The van der Waals surface area contributed by atoms with Crippen molar-refractivity contribution in [1.82, 2.24) is 19.8 Å². The number of nitrogens with one attached hydrogen (secondary N) is 1. The number of aromatic amines is 1. The average Bonchev–Trinajstić information content (AvgIpc) is 3.26. The van der Waals surface area contributed by atoms with E-state index in [1.165, 1.54) is 29.7 Å². The molecule has 3 heterocycles. The lowest BCUT2D eigenvalue weighted by Crippen LogP contribution is -2.48. The van der Waals surface area contributed by atoms with Gasteiger partial charge in [-0.25, -0.2) is 4.98 Å². The topological polar surface area (TPSA) is 78.5 Å². The summed E-state index contributed by atoms with van der Waals surface area (Å²) in [6.07, 6.45) is 7.79. The predicted octanol–water partition coefficient (Wildman–Crippen LogP) is 4.39. The molecule has 0 unspecified atom stereocenters. The van der Waals surface area contributed by atoms with Gasteiger partial charge >= 0.3 is 0 Å². The fraction of sp³-hybridized carbons (Fsp3) is 0.519. The molecule has 1 aromatic carbocycles. The highest BCUT2D eigenvalue weighted by molar-refractivity contribution is 7.18. The van der Waals surface area contributed by atoms with Crippen molar-refractivity contribution in [3.63, 3.8) is 0 Å². The third kappa shape index (κ3) is 5.43. The van der Waals surface area contributed by atoms with E-state index in [0.717, 1.165) is 60.6 Å². The van der Waals surface area contributed by atoms with Crippen LogP contribution in [-0.2, 0) is 19.4 Å². The maximum Gasteiger partial charge on any atom is 0.259 e. The summed E-state index contributed by atoms with van der Waals surface area (Å²) >= 11 is 1.69. The number of piperazine rings is 1. The van der Waals surface area contributed by atoms with Gasteiger partial charge in [-0.1, -0.05) is 19.8 Å². The standard InChI is InChI=1S/C27H34N4O3S/c1-2-3-6-17-34-20-11-9-19(10-12-20)27(33)31-15-13-30(14-16-31)18-23-28-25(32)24-21-7-4-5-8-22(21)35-26(24)29-23/h9-12H,2-8,13-18H2,1H3,(H,28,29,32). The molecule has 0 bridgehead atoms. The molecule has 5 rings (SSSR count). The maximum absolute atomic E-state index is 13.0. The number of aromatic nitrogens is 2. The van der Waals surface area contributed by atoms with Gasteiger partial charge in [-0.2, -0.15) is 0 Å². The molecule has 3 aromatic rings. The number of nitrogens with zero attached hydrogens (tertiary/aromatic N) is 3. The average molecular weight is 495 g/mol. The van der Waals surface area contributed by atoms with Crippen LogP contribution in [0.5, 0.6) is 5.75 Å². The Bertz CT molecular complexity index is 1230. The molecular weight excluding hydrogens is 460 g/mol. The molecule has 35 heavy (non-hydrogen) atoms. The fourth-order valence-corrected chi connectivity index (χ4v) is 6.30. The van der Waals surface area contributed by atoms with Gasteiger partial charge in [0.05, 0.1) is 18.5 Å². The van der Waals surface area contributed by atoms with Crippen molar-refractivity contribution < 1.29 is 9.53 Å². The highest BCUT2D eigenvalue weighted by atomic mass is 32.1. The van der Waals surface area contributed by atoms with Gasteiger partial charge in [-0.3, -0.25) is 14.5 Å². The quantitative estimate of drug-likeness (QED) is 0.470. The third-order valence-corrected chi connectivity index (χ3v) is 8.21. The molecule has 1 aliphatic heterocycles. The van der Waals surface area contributed by atoms with Crippen LogP contribution in [0.15, 0.2) is 29.1 Å². The van der Waals surface area contributed by atoms with E-state index in [1.807, 2.05) is 29.2 Å². The van der Waals surface area contributed by atoms with Crippen molar-refractivity contribution in [3.05, 3.63) is 56.4 Å². The number of amides is 1. The number of aryl methyl sites for hydroxylation is 2. The Kier molecular flexibility index (Phi) is 7.48. The van der Waals surface area contributed by atoms with Crippen molar-refractivity contribution in [2.24, 2.45) is 0 Å². The summed E-state index contributed by atoms with van der Waals surface area (Å²) in [7, 11) is 0. The van der Waals surface area contributed by atoms with Crippen molar-refractivity contribution in [2.45, 2.75) is 58.4 Å². The van der Waals surface area contributed by atoms with Gasteiger partial charge in [-0.05, 0) is 61.9 Å². The summed E-state index contributed by atoms with van der Waals surface area (Å²) in [4.78, 5) is 40.0. The van der Waals surface area contributed by atoms with E-state index in [1.54, 1.807) is 11.3 Å². The Hall–Kier alpha value is -2.71. The number of rotatable bonds is 8. The third-order valence-electron chi connectivity index (χ3n) is 7.02. The first kappa shape index (κ1) is 24.0. The highest BCUT2D eigenvalue weighted by Gasteiger charge is 2.24. The minimum Gasteiger partial charge on any atom is -0.494 e. The molecule has 1 fully saturated rings. The molecule has 1 saturated heterocycles. The first-order chi connectivity index (χ1) is 17.1. The molecule has 1 amide bonds. The van der Waals surface area contributed by atoms with Gasteiger partial charge in [0, 0.05) is 36.6 Å². The lowest BCUT2D eigenvalue weighted by Gasteiger charge is -2.34. The molecule has 1 N–H and O–H groups in total. The van der Waals surface area contributed by atoms with Crippen molar-refractivity contribution in [1.29, 1.82) is 0 Å². The zero-order valence-electron chi connectivity index (χ0n) is 20.5. The van der Waals surface area contributed by atoms with Crippen LogP contribution in [0.25, 0.3) is 10.2 Å². The van der Waals surface area contributed by atoms with E-state index in [9.17, 15) is 9.59 Å². The second-order valence-corrected chi connectivity index (χ2v) is 10.6. The number of carbonyl (C=O) groups excluding carboxylic acids is 1. The lowest BCUT2D eigenvalue weighted by atomic mass is 9.97. The van der Waals surface area contributed by atoms with E-state index in [0.29, 0.717) is 31.8 Å².